The van der Waals surface area contributed by atoms with Gasteiger partial charge in [-0.15, -0.1) is 0 Å². The Hall–Kier alpha value is 1.28. The van der Waals surface area contributed by atoms with E-state index >= 15 is 0 Å². The van der Waals surface area contributed by atoms with Gasteiger partial charge in [-0.1, -0.05) is 0 Å². The lowest BCUT2D eigenvalue weighted by atomic mass is 10.1. The molecule has 15 heavy (non-hydrogen) atoms. The van der Waals surface area contributed by atoms with E-state index in [4.69, 9.17) is 0 Å². The Morgan fingerprint density at radius 3 is 1.33 bits per heavy atom. The lowest BCUT2D eigenvalue weighted by molar-refractivity contribution is 0.0879. The van der Waals surface area contributed by atoms with Crippen molar-refractivity contribution in [1.29, 1.82) is 0 Å². The Balaban J connectivity index is 2.92. The number of imide groups is 1. The lowest BCUT2D eigenvalue weighted by Gasteiger charge is -2.07. The number of carbonyl (C=O) groups excluding carboxylic acids is 2. The molecule has 1 aliphatic rings. The first-order chi connectivity index (χ1) is 6.95. The SMILES string of the molecule is O=C1NC(=O)c2c(I)c(I)c(I)c(I)c21. The van der Waals surface area contributed by atoms with Crippen LogP contribution >= 0.6 is 90.4 Å². The Labute approximate surface area is 140 Å². The summed E-state index contributed by atoms with van der Waals surface area (Å²) in [5.74, 6) is -0.571. The van der Waals surface area contributed by atoms with Crippen molar-refractivity contribution in [3.8, 4) is 0 Å². The maximum absolute atomic E-state index is 11.6. The summed E-state index contributed by atoms with van der Waals surface area (Å²) in [6, 6.07) is 0. The van der Waals surface area contributed by atoms with E-state index in [-0.39, 0.29) is 11.8 Å². The molecular weight excluding hydrogens is 650 g/mol. The van der Waals surface area contributed by atoms with Gasteiger partial charge < -0.3 is 0 Å². The molecule has 7 heteroatoms. The predicted molar refractivity (Wildman–Crippen MR) is 89.1 cm³/mol. The third kappa shape index (κ3) is 1.94. The number of nitrogens with one attached hydrogen (secondary N) is 1. The van der Waals surface area contributed by atoms with Crippen LogP contribution in [0.15, 0.2) is 0 Å². The minimum Gasteiger partial charge on any atom is -0.288 e. The van der Waals surface area contributed by atoms with Gasteiger partial charge in [0.25, 0.3) is 11.8 Å². The number of amides is 2. The van der Waals surface area contributed by atoms with Crippen molar-refractivity contribution < 1.29 is 9.59 Å². The summed E-state index contributed by atoms with van der Waals surface area (Å²) in [7, 11) is 0. The number of benzene rings is 1. The van der Waals surface area contributed by atoms with E-state index in [9.17, 15) is 9.59 Å². The highest BCUT2D eigenvalue weighted by Crippen LogP contribution is 2.34. The molecule has 1 aliphatic heterocycles. The number of hydrogen-bond donors (Lipinski definition) is 1. The Kier molecular flexibility index (Phi) is 3.83. The first kappa shape index (κ1) is 12.7. The molecule has 1 aromatic rings. The zero-order chi connectivity index (χ0) is 11.3. The molecule has 78 valence electrons. The van der Waals surface area contributed by atoms with Gasteiger partial charge in [0.1, 0.15) is 0 Å². The van der Waals surface area contributed by atoms with Crippen LogP contribution in [0.5, 0.6) is 0 Å². The van der Waals surface area contributed by atoms with Crippen LogP contribution in [-0.2, 0) is 0 Å². The second kappa shape index (κ2) is 4.51. The molecule has 0 saturated heterocycles. The van der Waals surface area contributed by atoms with E-state index < -0.39 is 0 Å². The van der Waals surface area contributed by atoms with E-state index in [0.717, 1.165) is 14.3 Å². The van der Waals surface area contributed by atoms with Gasteiger partial charge in [0.2, 0.25) is 0 Å². The predicted octanol–water partition coefficient (Wildman–Crippen LogP) is 2.99. The van der Waals surface area contributed by atoms with Crippen molar-refractivity contribution in [3.05, 3.63) is 25.4 Å². The smallest absolute Gasteiger partial charge is 0.260 e. The van der Waals surface area contributed by atoms with Crippen molar-refractivity contribution in [3.63, 3.8) is 0 Å². The van der Waals surface area contributed by atoms with E-state index in [2.05, 4.69) is 95.7 Å². The van der Waals surface area contributed by atoms with Gasteiger partial charge in [-0.25, -0.2) is 0 Å². The molecule has 2 amide bonds. The van der Waals surface area contributed by atoms with Gasteiger partial charge >= 0.3 is 0 Å². The molecule has 0 unspecified atom stereocenters. The maximum Gasteiger partial charge on any atom is 0.260 e. The second-order valence-electron chi connectivity index (χ2n) is 2.79. The summed E-state index contributed by atoms with van der Waals surface area (Å²) in [5, 5.41) is 2.32. The van der Waals surface area contributed by atoms with Crippen LogP contribution in [0, 0.1) is 14.3 Å². The van der Waals surface area contributed by atoms with Crippen molar-refractivity contribution in [1.82, 2.24) is 5.32 Å². The molecule has 0 saturated carbocycles. The first-order valence-corrected chi connectivity index (χ1v) is 7.98. The number of halogens is 4. The molecule has 0 fully saturated rings. The highest BCUT2D eigenvalue weighted by atomic mass is 127. The van der Waals surface area contributed by atoms with Gasteiger partial charge in [0.15, 0.2) is 0 Å². The van der Waals surface area contributed by atoms with Gasteiger partial charge in [-0.2, -0.15) is 0 Å². The Bertz CT molecular complexity index is 467. The number of fused-ring (bicyclic) bond motifs is 1. The minimum absolute atomic E-state index is 0.286. The Morgan fingerprint density at radius 2 is 1.00 bits per heavy atom. The van der Waals surface area contributed by atoms with E-state index in [1.54, 1.807) is 0 Å². The molecule has 0 atom stereocenters. The van der Waals surface area contributed by atoms with Crippen molar-refractivity contribution in [2.75, 3.05) is 0 Å². The summed E-state index contributed by atoms with van der Waals surface area (Å²) < 4.78 is 3.77. The van der Waals surface area contributed by atoms with E-state index in [1.165, 1.54) is 0 Å². The van der Waals surface area contributed by atoms with Crippen molar-refractivity contribution in [2.45, 2.75) is 0 Å². The molecule has 3 nitrogen and oxygen atoms in total. The van der Waals surface area contributed by atoms with Crippen LogP contribution in [0.4, 0.5) is 0 Å². The van der Waals surface area contributed by atoms with Crippen LogP contribution in [0.25, 0.3) is 0 Å². The van der Waals surface area contributed by atoms with Crippen molar-refractivity contribution in [2.24, 2.45) is 0 Å². The van der Waals surface area contributed by atoms with E-state index in [0.29, 0.717) is 11.1 Å². The third-order valence-corrected chi connectivity index (χ3v) is 9.36. The van der Waals surface area contributed by atoms with Gasteiger partial charge in [0, 0.05) is 14.3 Å². The molecule has 1 N–H and O–H groups in total. The molecule has 0 spiro atoms. The zero-order valence-corrected chi connectivity index (χ0v) is 15.5. The highest BCUT2D eigenvalue weighted by Gasteiger charge is 2.34. The largest absolute Gasteiger partial charge is 0.288 e. The number of carbonyl (C=O) groups is 2. The quantitative estimate of drug-likeness (QED) is 0.203. The average Bonchev–Trinajstić information content (AvgIpc) is 2.47. The van der Waals surface area contributed by atoms with Crippen LogP contribution in [0.2, 0.25) is 0 Å². The van der Waals surface area contributed by atoms with E-state index in [1.807, 2.05) is 0 Å². The highest BCUT2D eigenvalue weighted by molar-refractivity contribution is 14.1. The summed E-state index contributed by atoms with van der Waals surface area (Å²) in [4.78, 5) is 23.1. The molecule has 0 aromatic heterocycles. The topological polar surface area (TPSA) is 46.2 Å². The first-order valence-electron chi connectivity index (χ1n) is 3.66. The number of rotatable bonds is 0. The van der Waals surface area contributed by atoms with Crippen molar-refractivity contribution >= 4 is 102 Å². The summed E-state index contributed by atoms with van der Waals surface area (Å²) in [6.07, 6.45) is 0. The second-order valence-corrected chi connectivity index (χ2v) is 7.10. The summed E-state index contributed by atoms with van der Waals surface area (Å²) >= 11 is 8.61. The number of hydrogen-bond acceptors (Lipinski definition) is 2. The fourth-order valence-corrected chi connectivity index (χ4v) is 4.97. The third-order valence-electron chi connectivity index (χ3n) is 1.95. The fourth-order valence-electron chi connectivity index (χ4n) is 1.29. The zero-order valence-electron chi connectivity index (χ0n) is 6.83. The molecule has 2 rings (SSSR count). The fraction of sp³-hybridized carbons (Fsp3) is 0. The molecule has 0 radical (unpaired) electrons. The van der Waals surface area contributed by atoms with Crippen LogP contribution in [-0.4, -0.2) is 11.8 Å². The Morgan fingerprint density at radius 1 is 0.667 bits per heavy atom. The minimum atomic E-state index is -0.286. The standard InChI is InChI=1S/C8HI4NO2/c9-3-1-2(8(15)13-7(1)14)4(10)6(12)5(3)11/h(H,13,14,15). The van der Waals surface area contributed by atoms with Gasteiger partial charge in [-0.3, -0.25) is 14.9 Å². The monoisotopic (exact) mass is 651 g/mol. The molecule has 1 heterocycles. The molecule has 0 bridgehead atoms. The maximum atomic E-state index is 11.6. The molecule has 1 aromatic carbocycles. The summed E-state index contributed by atoms with van der Waals surface area (Å²) in [6.45, 7) is 0. The van der Waals surface area contributed by atoms with Crippen LogP contribution < -0.4 is 5.32 Å². The average molecular weight is 651 g/mol. The van der Waals surface area contributed by atoms with Crippen LogP contribution in [0.1, 0.15) is 20.7 Å². The normalized spacial score (nSPS) is 14.1. The lowest BCUT2D eigenvalue weighted by Crippen LogP contribution is -2.20. The molecule has 0 aliphatic carbocycles. The van der Waals surface area contributed by atoms with Crippen LogP contribution in [0.3, 0.4) is 0 Å². The van der Waals surface area contributed by atoms with Gasteiger partial charge in [0.05, 0.1) is 11.1 Å². The molecular formula is C8HI4NO2. The summed E-state index contributed by atoms with van der Waals surface area (Å²) in [5.41, 5.74) is 1.05. The van der Waals surface area contributed by atoms with Gasteiger partial charge in [-0.05, 0) is 90.4 Å².